The molecule has 19 heavy (non-hydrogen) atoms. The van der Waals surface area contributed by atoms with Crippen molar-refractivity contribution >= 4 is 10.8 Å². The van der Waals surface area contributed by atoms with Crippen molar-refractivity contribution in [3.05, 3.63) is 48.0 Å². The number of rotatable bonds is 3. The van der Waals surface area contributed by atoms with Gasteiger partial charge in [-0.05, 0) is 60.8 Å². The molecule has 0 saturated carbocycles. The Balaban J connectivity index is 1.68. The Labute approximate surface area is 115 Å². The van der Waals surface area contributed by atoms with E-state index in [9.17, 15) is 0 Å². The highest BCUT2D eigenvalue weighted by Crippen LogP contribution is 2.20. The van der Waals surface area contributed by atoms with Gasteiger partial charge in [0.25, 0.3) is 0 Å². The summed E-state index contributed by atoms with van der Waals surface area (Å²) in [6, 6.07) is 15.4. The van der Waals surface area contributed by atoms with Crippen LogP contribution in [0.2, 0.25) is 0 Å². The molecule has 1 aliphatic rings. The first kappa shape index (κ1) is 12.6. The predicted molar refractivity (Wildman–Crippen MR) is 81.0 cm³/mol. The van der Waals surface area contributed by atoms with Gasteiger partial charge < -0.3 is 5.73 Å². The molecule has 0 amide bonds. The summed E-state index contributed by atoms with van der Waals surface area (Å²) in [5.74, 6) is 0.743. The van der Waals surface area contributed by atoms with E-state index >= 15 is 0 Å². The zero-order chi connectivity index (χ0) is 13.1. The average molecular weight is 254 g/mol. The molecular formula is C17H22N2. The predicted octanol–water partition coefficient (Wildman–Crippen LogP) is 3.01. The monoisotopic (exact) mass is 254 g/mol. The maximum Gasteiger partial charge on any atom is 0.0233 e. The number of benzene rings is 2. The minimum atomic E-state index is 0.743. The molecule has 2 heteroatoms. The molecule has 1 heterocycles. The lowest BCUT2D eigenvalue weighted by molar-refractivity contribution is 0.180. The van der Waals surface area contributed by atoms with Gasteiger partial charge in [-0.1, -0.05) is 36.4 Å². The van der Waals surface area contributed by atoms with E-state index < -0.39 is 0 Å². The van der Waals surface area contributed by atoms with E-state index in [2.05, 4.69) is 47.4 Å². The second-order valence-corrected chi connectivity index (χ2v) is 5.64. The molecule has 2 aromatic rings. The maximum atomic E-state index is 5.74. The Bertz CT molecular complexity index is 542. The largest absolute Gasteiger partial charge is 0.330 e. The van der Waals surface area contributed by atoms with Crippen LogP contribution in [0.4, 0.5) is 0 Å². The maximum absolute atomic E-state index is 5.74. The fourth-order valence-electron chi connectivity index (χ4n) is 2.98. The van der Waals surface area contributed by atoms with Crippen molar-refractivity contribution in [3.8, 4) is 0 Å². The van der Waals surface area contributed by atoms with Gasteiger partial charge in [0, 0.05) is 6.54 Å². The molecule has 0 spiro atoms. The van der Waals surface area contributed by atoms with Crippen molar-refractivity contribution in [2.75, 3.05) is 19.6 Å². The normalized spacial score (nSPS) is 17.9. The Kier molecular flexibility index (Phi) is 3.81. The summed E-state index contributed by atoms with van der Waals surface area (Å²) < 4.78 is 0. The molecule has 100 valence electrons. The molecule has 3 rings (SSSR count). The van der Waals surface area contributed by atoms with Gasteiger partial charge in [0.2, 0.25) is 0 Å². The Morgan fingerprint density at radius 1 is 1.00 bits per heavy atom. The first-order chi connectivity index (χ1) is 9.35. The van der Waals surface area contributed by atoms with Crippen LogP contribution in [0.1, 0.15) is 18.4 Å². The van der Waals surface area contributed by atoms with Crippen LogP contribution in [0.15, 0.2) is 42.5 Å². The Morgan fingerprint density at radius 2 is 1.74 bits per heavy atom. The summed E-state index contributed by atoms with van der Waals surface area (Å²) in [5.41, 5.74) is 7.17. The number of piperidine rings is 1. The number of nitrogens with zero attached hydrogens (tertiary/aromatic N) is 1. The highest BCUT2D eigenvalue weighted by molar-refractivity contribution is 5.82. The highest BCUT2D eigenvalue weighted by atomic mass is 15.1. The minimum absolute atomic E-state index is 0.743. The number of likely N-dealkylation sites (tertiary alicyclic amines) is 1. The standard InChI is InChI=1S/C17H22N2/c18-12-14-7-9-19(10-8-14)13-15-5-6-16-3-1-2-4-17(16)11-15/h1-6,11,14H,7-10,12-13,18H2. The molecule has 0 unspecified atom stereocenters. The molecule has 0 aliphatic carbocycles. The smallest absolute Gasteiger partial charge is 0.0233 e. The Hall–Kier alpha value is -1.38. The van der Waals surface area contributed by atoms with Gasteiger partial charge in [0.05, 0.1) is 0 Å². The van der Waals surface area contributed by atoms with Crippen molar-refractivity contribution in [1.82, 2.24) is 4.90 Å². The average Bonchev–Trinajstić information content (AvgIpc) is 2.48. The fourth-order valence-corrected chi connectivity index (χ4v) is 2.98. The van der Waals surface area contributed by atoms with Crippen LogP contribution in [-0.4, -0.2) is 24.5 Å². The van der Waals surface area contributed by atoms with E-state index in [0.29, 0.717) is 0 Å². The van der Waals surface area contributed by atoms with Crippen molar-refractivity contribution in [3.63, 3.8) is 0 Å². The highest BCUT2D eigenvalue weighted by Gasteiger charge is 2.17. The molecule has 0 bridgehead atoms. The van der Waals surface area contributed by atoms with Gasteiger partial charge in [0.1, 0.15) is 0 Å². The summed E-state index contributed by atoms with van der Waals surface area (Å²) >= 11 is 0. The van der Waals surface area contributed by atoms with Crippen molar-refractivity contribution < 1.29 is 0 Å². The SMILES string of the molecule is NCC1CCN(Cc2ccc3ccccc3c2)CC1. The number of fused-ring (bicyclic) bond motifs is 1. The van der Waals surface area contributed by atoms with Crippen LogP contribution in [-0.2, 0) is 6.54 Å². The van der Waals surface area contributed by atoms with Gasteiger partial charge in [-0.2, -0.15) is 0 Å². The summed E-state index contributed by atoms with van der Waals surface area (Å²) in [7, 11) is 0. The van der Waals surface area contributed by atoms with E-state index in [-0.39, 0.29) is 0 Å². The van der Waals surface area contributed by atoms with Crippen LogP contribution in [0.25, 0.3) is 10.8 Å². The molecule has 1 aliphatic heterocycles. The molecule has 0 radical (unpaired) electrons. The van der Waals surface area contributed by atoms with E-state index in [4.69, 9.17) is 5.73 Å². The lowest BCUT2D eigenvalue weighted by atomic mass is 9.96. The second kappa shape index (κ2) is 5.72. The van der Waals surface area contributed by atoms with Crippen LogP contribution in [0, 0.1) is 5.92 Å². The van der Waals surface area contributed by atoms with Gasteiger partial charge in [-0.25, -0.2) is 0 Å². The number of hydrogen-bond acceptors (Lipinski definition) is 2. The van der Waals surface area contributed by atoms with E-state index in [1.807, 2.05) is 0 Å². The van der Waals surface area contributed by atoms with Gasteiger partial charge in [-0.3, -0.25) is 4.90 Å². The second-order valence-electron chi connectivity index (χ2n) is 5.64. The zero-order valence-electron chi connectivity index (χ0n) is 11.4. The van der Waals surface area contributed by atoms with Crippen LogP contribution < -0.4 is 5.73 Å². The van der Waals surface area contributed by atoms with Crippen LogP contribution >= 0.6 is 0 Å². The Morgan fingerprint density at radius 3 is 2.47 bits per heavy atom. The van der Waals surface area contributed by atoms with Gasteiger partial charge in [0.15, 0.2) is 0 Å². The summed E-state index contributed by atoms with van der Waals surface area (Å²) in [6.07, 6.45) is 2.51. The van der Waals surface area contributed by atoms with E-state index in [0.717, 1.165) is 19.0 Å². The lowest BCUT2D eigenvalue weighted by Gasteiger charge is -2.31. The topological polar surface area (TPSA) is 29.3 Å². The lowest BCUT2D eigenvalue weighted by Crippen LogP contribution is -2.35. The quantitative estimate of drug-likeness (QED) is 0.912. The molecule has 2 N–H and O–H groups in total. The third kappa shape index (κ3) is 2.96. The minimum Gasteiger partial charge on any atom is -0.330 e. The van der Waals surface area contributed by atoms with Crippen molar-refractivity contribution in [2.24, 2.45) is 11.7 Å². The molecule has 2 nitrogen and oxygen atoms in total. The molecular weight excluding hydrogens is 232 g/mol. The number of hydrogen-bond donors (Lipinski definition) is 1. The third-order valence-corrected chi connectivity index (χ3v) is 4.26. The van der Waals surface area contributed by atoms with Crippen LogP contribution in [0.3, 0.4) is 0 Å². The molecule has 0 atom stereocenters. The van der Waals surface area contributed by atoms with Gasteiger partial charge in [-0.15, -0.1) is 0 Å². The van der Waals surface area contributed by atoms with E-state index in [1.54, 1.807) is 0 Å². The van der Waals surface area contributed by atoms with Crippen LogP contribution in [0.5, 0.6) is 0 Å². The first-order valence-electron chi connectivity index (χ1n) is 7.25. The van der Waals surface area contributed by atoms with Crippen molar-refractivity contribution in [2.45, 2.75) is 19.4 Å². The zero-order valence-corrected chi connectivity index (χ0v) is 11.4. The van der Waals surface area contributed by atoms with E-state index in [1.165, 1.54) is 42.3 Å². The first-order valence-corrected chi connectivity index (χ1v) is 7.25. The number of nitrogens with two attached hydrogens (primary N) is 1. The molecule has 2 aromatic carbocycles. The fraction of sp³-hybridized carbons (Fsp3) is 0.412. The molecule has 0 aromatic heterocycles. The summed E-state index contributed by atoms with van der Waals surface area (Å²) in [4.78, 5) is 2.55. The molecule has 1 saturated heterocycles. The summed E-state index contributed by atoms with van der Waals surface area (Å²) in [6.45, 7) is 4.30. The van der Waals surface area contributed by atoms with Gasteiger partial charge >= 0.3 is 0 Å². The summed E-state index contributed by atoms with van der Waals surface area (Å²) in [5, 5.41) is 2.67. The molecule has 1 fully saturated rings. The van der Waals surface area contributed by atoms with Crippen molar-refractivity contribution in [1.29, 1.82) is 0 Å². The third-order valence-electron chi connectivity index (χ3n) is 4.26.